The van der Waals surface area contributed by atoms with E-state index in [0.717, 1.165) is 0 Å². The number of para-hydroxylation sites is 1. The van der Waals surface area contributed by atoms with E-state index in [9.17, 15) is 22.4 Å². The van der Waals surface area contributed by atoms with Gasteiger partial charge in [-0.25, -0.2) is 9.36 Å². The Morgan fingerprint density at radius 2 is 1.85 bits per heavy atom. The van der Waals surface area contributed by atoms with Gasteiger partial charge in [0.2, 0.25) is 5.43 Å². The number of aromatic nitrogens is 4. The molecular formula is C21H12F4N4O4. The fourth-order valence-corrected chi connectivity index (χ4v) is 3.33. The number of nitrogens with zero attached hydrogens (tertiary/aromatic N) is 4. The number of hydrogen-bond donors (Lipinski definition) is 0. The molecular weight excluding hydrogens is 448 g/mol. The maximum absolute atomic E-state index is 13.6. The molecule has 0 fully saturated rings. The molecule has 0 N–H and O–H groups in total. The molecule has 12 heteroatoms. The van der Waals surface area contributed by atoms with Crippen LogP contribution in [-0.2, 0) is 0 Å². The summed E-state index contributed by atoms with van der Waals surface area (Å²) < 4.78 is 68.3. The molecule has 0 amide bonds. The Morgan fingerprint density at radius 3 is 2.67 bits per heavy atom. The van der Waals surface area contributed by atoms with E-state index in [-0.39, 0.29) is 34.3 Å². The minimum atomic E-state index is -3.84. The Bertz CT molecular complexity index is 1400. The van der Waals surface area contributed by atoms with Gasteiger partial charge in [-0.15, -0.1) is 8.78 Å². The molecule has 33 heavy (non-hydrogen) atoms. The number of rotatable bonds is 5. The molecule has 5 rings (SSSR count). The normalized spacial score (nSPS) is 14.0. The van der Waals surface area contributed by atoms with Crippen LogP contribution in [0.5, 0.6) is 17.2 Å². The van der Waals surface area contributed by atoms with Crippen LogP contribution < -0.4 is 19.6 Å². The zero-order valence-corrected chi connectivity index (χ0v) is 16.4. The van der Waals surface area contributed by atoms with Crippen LogP contribution in [0.25, 0.3) is 22.8 Å². The van der Waals surface area contributed by atoms with Gasteiger partial charge in [0.15, 0.2) is 17.2 Å². The summed E-state index contributed by atoms with van der Waals surface area (Å²) >= 11 is 0. The quantitative estimate of drug-likeness (QED) is 0.419. The van der Waals surface area contributed by atoms with Gasteiger partial charge in [-0.1, -0.05) is 12.1 Å². The molecule has 2 aromatic carbocycles. The zero-order valence-electron chi connectivity index (χ0n) is 16.4. The molecule has 0 atom stereocenters. The van der Waals surface area contributed by atoms with Crippen molar-refractivity contribution >= 4 is 0 Å². The lowest BCUT2D eigenvalue weighted by atomic mass is 10.2. The Balaban J connectivity index is 1.59. The van der Waals surface area contributed by atoms with E-state index in [1.165, 1.54) is 70.3 Å². The van der Waals surface area contributed by atoms with Crippen LogP contribution in [0, 0.1) is 0 Å². The molecule has 8 nitrogen and oxygen atoms in total. The Labute approximate surface area is 182 Å². The zero-order chi connectivity index (χ0) is 23.2. The predicted octanol–water partition coefficient (Wildman–Crippen LogP) is 4.01. The third-order valence-corrected chi connectivity index (χ3v) is 4.64. The van der Waals surface area contributed by atoms with E-state index < -0.39 is 18.3 Å². The minimum absolute atomic E-state index is 0.0709. The molecule has 0 saturated heterocycles. The molecule has 0 aliphatic carbocycles. The molecule has 0 bridgehead atoms. The summed E-state index contributed by atoms with van der Waals surface area (Å²) in [6.07, 6.45) is -1.13. The predicted molar refractivity (Wildman–Crippen MR) is 105 cm³/mol. The van der Waals surface area contributed by atoms with Crippen LogP contribution in [0.3, 0.4) is 0 Å². The van der Waals surface area contributed by atoms with Crippen LogP contribution in [0.15, 0.2) is 71.8 Å². The standard InChI is InChI=1S/C21H12F4N4O4/c22-20(23)31-13-4-1-3-12(11-13)28-10-8-16(30)18(27-28)14-7-9-26-29(14)15-5-2-6-17-19(15)33-21(24,25)32-17/h1-11,20H. The second-order valence-electron chi connectivity index (χ2n) is 6.75. The summed E-state index contributed by atoms with van der Waals surface area (Å²) in [5.41, 5.74) is 0.0779. The molecule has 0 saturated carbocycles. The lowest BCUT2D eigenvalue weighted by Gasteiger charge is -2.12. The van der Waals surface area contributed by atoms with E-state index in [4.69, 9.17) is 0 Å². The first kappa shape index (κ1) is 20.5. The largest absolute Gasteiger partial charge is 0.586 e. The van der Waals surface area contributed by atoms with Crippen molar-refractivity contribution in [1.29, 1.82) is 0 Å². The second kappa shape index (κ2) is 7.65. The molecule has 1 aliphatic rings. The van der Waals surface area contributed by atoms with Crippen molar-refractivity contribution in [2.75, 3.05) is 0 Å². The van der Waals surface area contributed by atoms with Crippen molar-refractivity contribution in [2.24, 2.45) is 0 Å². The van der Waals surface area contributed by atoms with Gasteiger partial charge in [0.25, 0.3) is 0 Å². The molecule has 2 aromatic heterocycles. The molecule has 0 unspecified atom stereocenters. The van der Waals surface area contributed by atoms with Gasteiger partial charge < -0.3 is 14.2 Å². The lowest BCUT2D eigenvalue weighted by Crippen LogP contribution is -2.26. The van der Waals surface area contributed by atoms with Crippen molar-refractivity contribution in [2.45, 2.75) is 12.9 Å². The highest BCUT2D eigenvalue weighted by Gasteiger charge is 2.45. The van der Waals surface area contributed by atoms with E-state index in [2.05, 4.69) is 24.4 Å². The average molecular weight is 460 g/mol. The number of ether oxygens (including phenoxy) is 3. The first-order valence-corrected chi connectivity index (χ1v) is 9.40. The van der Waals surface area contributed by atoms with Crippen molar-refractivity contribution in [3.05, 3.63) is 77.2 Å². The summed E-state index contributed by atoms with van der Waals surface area (Å²) in [7, 11) is 0. The fraction of sp³-hybridized carbons (Fsp3) is 0.0952. The summed E-state index contributed by atoms with van der Waals surface area (Å²) in [6.45, 7) is -3.00. The van der Waals surface area contributed by atoms with Crippen molar-refractivity contribution in [3.8, 4) is 40.0 Å². The van der Waals surface area contributed by atoms with Crippen molar-refractivity contribution in [1.82, 2.24) is 19.6 Å². The summed E-state index contributed by atoms with van der Waals surface area (Å²) in [5.74, 6) is -0.527. The molecule has 0 radical (unpaired) electrons. The first-order valence-electron chi connectivity index (χ1n) is 9.40. The van der Waals surface area contributed by atoms with Gasteiger partial charge in [0.1, 0.15) is 11.4 Å². The highest BCUT2D eigenvalue weighted by molar-refractivity contribution is 5.63. The summed E-state index contributed by atoms with van der Waals surface area (Å²) in [4.78, 5) is 12.6. The van der Waals surface area contributed by atoms with Gasteiger partial charge >= 0.3 is 12.9 Å². The van der Waals surface area contributed by atoms with Crippen LogP contribution in [0.4, 0.5) is 17.6 Å². The van der Waals surface area contributed by atoms with Gasteiger partial charge in [0.05, 0.1) is 17.6 Å². The maximum Gasteiger partial charge on any atom is 0.586 e. The van der Waals surface area contributed by atoms with Crippen LogP contribution in [0.1, 0.15) is 0 Å². The topological polar surface area (TPSA) is 80.4 Å². The van der Waals surface area contributed by atoms with Crippen molar-refractivity contribution in [3.63, 3.8) is 0 Å². The second-order valence-corrected chi connectivity index (χ2v) is 6.75. The Kier molecular flexibility index (Phi) is 4.77. The number of alkyl halides is 4. The number of halogens is 4. The minimum Gasteiger partial charge on any atom is -0.435 e. The van der Waals surface area contributed by atoms with Crippen molar-refractivity contribution < 1.29 is 31.8 Å². The number of hydrogen-bond acceptors (Lipinski definition) is 6. The van der Waals surface area contributed by atoms with E-state index in [0.29, 0.717) is 5.69 Å². The smallest absolute Gasteiger partial charge is 0.435 e. The number of fused-ring (bicyclic) bond motifs is 1. The Morgan fingerprint density at radius 1 is 1.03 bits per heavy atom. The number of benzene rings is 2. The van der Waals surface area contributed by atoms with Crippen LogP contribution in [-0.4, -0.2) is 32.5 Å². The Hall–Kier alpha value is -4.35. The summed E-state index contributed by atoms with van der Waals surface area (Å²) in [6, 6.07) is 12.7. The van der Waals surface area contributed by atoms with Gasteiger partial charge in [-0.2, -0.15) is 19.0 Å². The first-order chi connectivity index (χ1) is 15.8. The molecule has 1 aliphatic heterocycles. The third kappa shape index (κ3) is 3.86. The molecule has 0 spiro atoms. The van der Waals surface area contributed by atoms with Gasteiger partial charge in [-0.3, -0.25) is 4.79 Å². The summed E-state index contributed by atoms with van der Waals surface area (Å²) in [5, 5.41) is 8.42. The third-order valence-electron chi connectivity index (χ3n) is 4.64. The fourth-order valence-electron chi connectivity index (χ4n) is 3.33. The monoisotopic (exact) mass is 460 g/mol. The van der Waals surface area contributed by atoms with E-state index in [1.54, 1.807) is 6.07 Å². The average Bonchev–Trinajstić information content (AvgIpc) is 3.36. The van der Waals surface area contributed by atoms with E-state index >= 15 is 0 Å². The van der Waals surface area contributed by atoms with E-state index in [1.807, 2.05) is 0 Å². The van der Waals surface area contributed by atoms with Crippen LogP contribution >= 0.6 is 0 Å². The maximum atomic E-state index is 13.6. The van der Waals surface area contributed by atoms with Gasteiger partial charge in [0, 0.05) is 18.3 Å². The highest BCUT2D eigenvalue weighted by Crippen LogP contribution is 2.45. The molecule has 168 valence electrons. The molecule has 3 heterocycles. The molecule has 4 aromatic rings. The van der Waals surface area contributed by atoms with Gasteiger partial charge in [-0.05, 0) is 30.3 Å². The van der Waals surface area contributed by atoms with Crippen LogP contribution in [0.2, 0.25) is 0 Å². The SMILES string of the molecule is O=c1ccn(-c2cccc(OC(F)F)c2)nc1-c1ccnn1-c1cccc2c1OC(F)(F)O2. The lowest BCUT2D eigenvalue weighted by molar-refractivity contribution is -0.286. The highest BCUT2D eigenvalue weighted by atomic mass is 19.3.